The van der Waals surface area contributed by atoms with Crippen molar-refractivity contribution in [2.45, 2.75) is 13.8 Å². The molecular formula is C20H14Br2Cl2O4. The Hall–Kier alpha value is -1.60. The maximum atomic E-state index is 11.8. The predicted molar refractivity (Wildman–Crippen MR) is 118 cm³/mol. The quantitative estimate of drug-likeness (QED) is 0.230. The monoisotopic (exact) mass is 546 g/mol. The summed E-state index contributed by atoms with van der Waals surface area (Å²) in [6.07, 6.45) is 0. The molecule has 0 spiro atoms. The molecule has 146 valence electrons. The van der Waals surface area contributed by atoms with Gasteiger partial charge in [0.25, 0.3) is 0 Å². The number of hydrogen-bond acceptors (Lipinski definition) is 4. The third-order valence-electron chi connectivity index (χ3n) is 3.57. The molecule has 0 radical (unpaired) electrons. The van der Waals surface area contributed by atoms with Crippen molar-refractivity contribution in [3.8, 4) is 22.6 Å². The van der Waals surface area contributed by atoms with Crippen LogP contribution in [0, 0.1) is 0 Å². The molecule has 0 aliphatic heterocycles. The standard InChI is InChI=1S/C20H14Br2Cl2O4/c1-11(9-23)19(25)27-17-5-3-13(7-15(17)21)14-4-6-18(16(22)8-14)28-20(26)12(2)10-24/h3-10H,1-2H3. The van der Waals surface area contributed by atoms with E-state index in [4.69, 9.17) is 32.7 Å². The third kappa shape index (κ3) is 5.70. The highest BCUT2D eigenvalue weighted by Gasteiger charge is 2.13. The van der Waals surface area contributed by atoms with Crippen LogP contribution in [0.15, 0.2) is 67.6 Å². The first kappa shape index (κ1) is 22.7. The average molecular weight is 549 g/mol. The fourth-order valence-corrected chi connectivity index (χ4v) is 3.07. The highest BCUT2D eigenvalue weighted by molar-refractivity contribution is 9.11. The molecule has 0 unspecified atom stereocenters. The number of hydrogen-bond donors (Lipinski definition) is 0. The zero-order chi connectivity index (χ0) is 20.8. The number of esters is 2. The maximum Gasteiger partial charge on any atom is 0.340 e. The highest BCUT2D eigenvalue weighted by Crippen LogP contribution is 2.35. The SMILES string of the molecule is CC(=CCl)C(=O)Oc1ccc(-c2ccc(OC(=O)C(C)=CCl)c(Br)c2)cc1Br. The number of carbonyl (C=O) groups is 2. The fourth-order valence-electron chi connectivity index (χ4n) is 1.98. The van der Waals surface area contributed by atoms with Crippen LogP contribution in [0.25, 0.3) is 11.1 Å². The summed E-state index contributed by atoms with van der Waals surface area (Å²) in [5.41, 5.74) is 4.66. The van der Waals surface area contributed by atoms with Crippen LogP contribution in [-0.4, -0.2) is 11.9 Å². The van der Waals surface area contributed by atoms with Crippen molar-refractivity contribution in [3.05, 3.63) is 67.6 Å². The number of benzene rings is 2. The number of rotatable bonds is 5. The number of halogens is 4. The lowest BCUT2D eigenvalue weighted by molar-refractivity contribution is -0.131. The first-order valence-electron chi connectivity index (χ1n) is 7.84. The highest BCUT2D eigenvalue weighted by atomic mass is 79.9. The van der Waals surface area contributed by atoms with E-state index >= 15 is 0 Å². The van der Waals surface area contributed by atoms with Gasteiger partial charge in [0.05, 0.1) is 8.95 Å². The van der Waals surface area contributed by atoms with Crippen LogP contribution >= 0.6 is 55.1 Å². The van der Waals surface area contributed by atoms with Crippen LogP contribution in [0.3, 0.4) is 0 Å². The van der Waals surface area contributed by atoms with Crippen LogP contribution in [0.4, 0.5) is 0 Å². The van der Waals surface area contributed by atoms with E-state index in [1.165, 1.54) is 11.1 Å². The number of ether oxygens (including phenoxy) is 2. The topological polar surface area (TPSA) is 52.6 Å². The normalized spacial score (nSPS) is 11.9. The molecule has 0 heterocycles. The molecule has 2 rings (SSSR count). The Morgan fingerprint density at radius 1 is 0.786 bits per heavy atom. The smallest absolute Gasteiger partial charge is 0.340 e. The second kappa shape index (κ2) is 10.3. The van der Waals surface area contributed by atoms with Crippen LogP contribution in [0.1, 0.15) is 13.8 Å². The molecule has 0 N–H and O–H groups in total. The lowest BCUT2D eigenvalue weighted by Gasteiger charge is -2.11. The van der Waals surface area contributed by atoms with E-state index in [-0.39, 0.29) is 0 Å². The van der Waals surface area contributed by atoms with Gasteiger partial charge in [0.15, 0.2) is 0 Å². The van der Waals surface area contributed by atoms with Gasteiger partial charge in [-0.3, -0.25) is 0 Å². The fraction of sp³-hybridized carbons (Fsp3) is 0.100. The molecule has 4 nitrogen and oxygen atoms in total. The van der Waals surface area contributed by atoms with Crippen molar-refractivity contribution in [1.82, 2.24) is 0 Å². The molecule has 8 heteroatoms. The zero-order valence-electron chi connectivity index (χ0n) is 14.8. The Labute approximate surface area is 189 Å². The lowest BCUT2D eigenvalue weighted by atomic mass is 10.1. The summed E-state index contributed by atoms with van der Waals surface area (Å²) in [7, 11) is 0. The van der Waals surface area contributed by atoms with Crippen molar-refractivity contribution in [2.24, 2.45) is 0 Å². The Kier molecular flexibility index (Phi) is 8.31. The molecule has 0 aliphatic carbocycles. The second-order valence-electron chi connectivity index (χ2n) is 5.65. The van der Waals surface area contributed by atoms with E-state index in [1.54, 1.807) is 38.1 Å². The molecule has 2 aromatic carbocycles. The summed E-state index contributed by atoms with van der Waals surface area (Å²) in [6, 6.07) is 10.6. The van der Waals surface area contributed by atoms with Crippen LogP contribution in [-0.2, 0) is 9.59 Å². The Balaban J connectivity index is 2.24. The first-order chi connectivity index (χ1) is 13.3. The Morgan fingerprint density at radius 3 is 1.43 bits per heavy atom. The van der Waals surface area contributed by atoms with Gasteiger partial charge in [-0.2, -0.15) is 0 Å². The molecule has 0 atom stereocenters. The summed E-state index contributed by atoms with van der Waals surface area (Å²) >= 11 is 17.9. The van der Waals surface area contributed by atoms with Gasteiger partial charge in [-0.25, -0.2) is 9.59 Å². The summed E-state index contributed by atoms with van der Waals surface area (Å²) < 4.78 is 11.8. The molecule has 0 saturated carbocycles. The largest absolute Gasteiger partial charge is 0.422 e. The molecular weight excluding hydrogens is 535 g/mol. The summed E-state index contributed by atoms with van der Waals surface area (Å²) in [5.74, 6) is -0.309. The van der Waals surface area contributed by atoms with Gasteiger partial charge in [-0.1, -0.05) is 35.3 Å². The van der Waals surface area contributed by atoms with Crippen LogP contribution in [0.2, 0.25) is 0 Å². The average Bonchev–Trinajstić information content (AvgIpc) is 2.69. The molecule has 2 aromatic rings. The number of carbonyl (C=O) groups excluding carboxylic acids is 2. The van der Waals surface area contributed by atoms with Crippen molar-refractivity contribution < 1.29 is 19.1 Å². The van der Waals surface area contributed by atoms with Crippen molar-refractivity contribution >= 4 is 67.0 Å². The molecule has 0 aromatic heterocycles. The van der Waals surface area contributed by atoms with Gasteiger partial charge in [0.2, 0.25) is 0 Å². The Morgan fingerprint density at radius 2 is 1.14 bits per heavy atom. The van der Waals surface area contributed by atoms with Gasteiger partial charge >= 0.3 is 11.9 Å². The van der Waals surface area contributed by atoms with Gasteiger partial charge in [-0.15, -0.1) is 0 Å². The van der Waals surface area contributed by atoms with Crippen molar-refractivity contribution in [3.63, 3.8) is 0 Å². The molecule has 0 saturated heterocycles. The minimum Gasteiger partial charge on any atom is -0.422 e. The maximum absolute atomic E-state index is 11.8. The molecule has 28 heavy (non-hydrogen) atoms. The molecule has 0 bridgehead atoms. The lowest BCUT2D eigenvalue weighted by Crippen LogP contribution is -2.09. The van der Waals surface area contributed by atoms with E-state index < -0.39 is 11.9 Å². The molecule has 0 fully saturated rings. The second-order valence-corrected chi connectivity index (χ2v) is 7.80. The van der Waals surface area contributed by atoms with Crippen molar-refractivity contribution in [1.29, 1.82) is 0 Å². The molecule has 0 amide bonds. The third-order valence-corrected chi connectivity index (χ3v) is 5.47. The summed E-state index contributed by atoms with van der Waals surface area (Å²) in [4.78, 5) is 23.7. The van der Waals surface area contributed by atoms with E-state index in [9.17, 15) is 9.59 Å². The van der Waals surface area contributed by atoms with Crippen LogP contribution < -0.4 is 9.47 Å². The minimum absolute atomic E-state index is 0.297. The first-order valence-corrected chi connectivity index (χ1v) is 10.3. The van der Waals surface area contributed by atoms with Gasteiger partial charge < -0.3 is 9.47 Å². The summed E-state index contributed by atoms with van der Waals surface area (Å²) in [5, 5.41) is 0. The Bertz CT molecular complexity index is 905. The van der Waals surface area contributed by atoms with E-state index in [0.717, 1.165) is 11.1 Å². The molecule has 0 aliphatic rings. The zero-order valence-corrected chi connectivity index (χ0v) is 19.4. The van der Waals surface area contributed by atoms with Gasteiger partial charge in [0.1, 0.15) is 11.5 Å². The van der Waals surface area contributed by atoms with Gasteiger partial charge in [0, 0.05) is 22.2 Å². The van der Waals surface area contributed by atoms with Gasteiger partial charge in [-0.05, 0) is 81.1 Å². The van der Waals surface area contributed by atoms with Crippen LogP contribution in [0.5, 0.6) is 11.5 Å². The summed E-state index contributed by atoms with van der Waals surface area (Å²) in [6.45, 7) is 3.13. The van der Waals surface area contributed by atoms with E-state index in [1.807, 2.05) is 12.1 Å². The minimum atomic E-state index is -0.529. The van der Waals surface area contributed by atoms with E-state index in [2.05, 4.69) is 31.9 Å². The van der Waals surface area contributed by atoms with E-state index in [0.29, 0.717) is 31.6 Å². The van der Waals surface area contributed by atoms with Crippen molar-refractivity contribution in [2.75, 3.05) is 0 Å². The predicted octanol–water partition coefficient (Wildman–Crippen LogP) is 6.97.